The van der Waals surface area contributed by atoms with Crippen molar-refractivity contribution in [1.29, 1.82) is 0 Å². The first-order chi connectivity index (χ1) is 8.27. The monoisotopic (exact) mass is 235 g/mol. The van der Waals surface area contributed by atoms with E-state index in [-0.39, 0.29) is 5.97 Å². The summed E-state index contributed by atoms with van der Waals surface area (Å²) in [5, 5.41) is 3.22. The van der Waals surface area contributed by atoms with Crippen molar-refractivity contribution in [2.75, 3.05) is 20.2 Å². The molecule has 1 aliphatic heterocycles. The van der Waals surface area contributed by atoms with Gasteiger partial charge in [-0.25, -0.2) is 4.79 Å². The van der Waals surface area contributed by atoms with Crippen LogP contribution >= 0.6 is 0 Å². The minimum Gasteiger partial charge on any atom is -0.475 e. The maximum absolute atomic E-state index is 11.9. The molecular weight excluding hydrogens is 218 g/mol. The summed E-state index contributed by atoms with van der Waals surface area (Å²) in [5.41, 5.74) is -0.832. The largest absolute Gasteiger partial charge is 0.475 e. The van der Waals surface area contributed by atoms with Gasteiger partial charge in [-0.3, -0.25) is 0 Å². The molecule has 17 heavy (non-hydrogen) atoms. The first-order valence-corrected chi connectivity index (χ1v) is 5.80. The Morgan fingerprint density at radius 1 is 1.24 bits per heavy atom. The van der Waals surface area contributed by atoms with Gasteiger partial charge in [-0.1, -0.05) is 18.2 Å². The lowest BCUT2D eigenvalue weighted by atomic mass is 9.92. The summed E-state index contributed by atoms with van der Waals surface area (Å²) in [6, 6.07) is 9.41. The van der Waals surface area contributed by atoms with E-state index in [1.807, 2.05) is 30.3 Å². The van der Waals surface area contributed by atoms with Crippen LogP contribution in [0.1, 0.15) is 12.8 Å². The molecule has 0 atom stereocenters. The van der Waals surface area contributed by atoms with Gasteiger partial charge in [-0.2, -0.15) is 0 Å². The van der Waals surface area contributed by atoms with Crippen LogP contribution in [0.5, 0.6) is 5.75 Å². The molecule has 0 aromatic heterocycles. The van der Waals surface area contributed by atoms with E-state index in [9.17, 15) is 4.79 Å². The van der Waals surface area contributed by atoms with Gasteiger partial charge in [0.1, 0.15) is 5.75 Å². The summed E-state index contributed by atoms with van der Waals surface area (Å²) < 4.78 is 10.8. The highest BCUT2D eigenvalue weighted by Gasteiger charge is 2.43. The molecule has 92 valence electrons. The zero-order valence-corrected chi connectivity index (χ0v) is 9.94. The van der Waals surface area contributed by atoms with E-state index in [0.717, 1.165) is 13.1 Å². The zero-order chi connectivity index (χ0) is 12.1. The Kier molecular flexibility index (Phi) is 3.64. The highest BCUT2D eigenvalue weighted by molar-refractivity contribution is 5.80. The first-order valence-electron chi connectivity index (χ1n) is 5.80. The summed E-state index contributed by atoms with van der Waals surface area (Å²) >= 11 is 0. The molecule has 1 saturated heterocycles. The molecule has 1 fully saturated rings. The standard InChI is InChI=1S/C13H17NO3/c1-16-12(15)13(7-9-14-10-8-13)17-11-5-3-2-4-6-11/h2-6,14H,7-10H2,1H3. The number of esters is 1. The number of piperidine rings is 1. The van der Waals surface area contributed by atoms with E-state index in [0.29, 0.717) is 18.6 Å². The van der Waals surface area contributed by atoms with Crippen LogP contribution in [0.4, 0.5) is 0 Å². The number of carbonyl (C=O) groups is 1. The molecule has 0 amide bonds. The Morgan fingerprint density at radius 2 is 1.88 bits per heavy atom. The van der Waals surface area contributed by atoms with E-state index < -0.39 is 5.60 Å². The number of ether oxygens (including phenoxy) is 2. The second-order valence-electron chi connectivity index (χ2n) is 4.15. The third kappa shape index (κ3) is 2.58. The van der Waals surface area contributed by atoms with E-state index in [1.54, 1.807) is 0 Å². The number of benzene rings is 1. The van der Waals surface area contributed by atoms with Crippen molar-refractivity contribution in [3.8, 4) is 5.75 Å². The maximum atomic E-state index is 11.9. The smallest absolute Gasteiger partial charge is 0.350 e. The van der Waals surface area contributed by atoms with Crippen molar-refractivity contribution in [2.45, 2.75) is 18.4 Å². The van der Waals surface area contributed by atoms with Crippen LogP contribution in [-0.2, 0) is 9.53 Å². The molecule has 0 radical (unpaired) electrons. The fourth-order valence-corrected chi connectivity index (χ4v) is 2.08. The highest BCUT2D eigenvalue weighted by Crippen LogP contribution is 2.27. The Morgan fingerprint density at radius 3 is 2.47 bits per heavy atom. The minimum absolute atomic E-state index is 0.289. The van der Waals surface area contributed by atoms with Gasteiger partial charge in [0.15, 0.2) is 0 Å². The summed E-state index contributed by atoms with van der Waals surface area (Å²) in [4.78, 5) is 11.9. The lowest BCUT2D eigenvalue weighted by Crippen LogP contribution is -2.52. The van der Waals surface area contributed by atoms with E-state index in [2.05, 4.69) is 5.32 Å². The molecular formula is C13H17NO3. The number of para-hydroxylation sites is 1. The van der Waals surface area contributed by atoms with E-state index in [4.69, 9.17) is 9.47 Å². The Hall–Kier alpha value is -1.55. The van der Waals surface area contributed by atoms with Gasteiger partial charge in [0.2, 0.25) is 5.60 Å². The Balaban J connectivity index is 2.19. The SMILES string of the molecule is COC(=O)C1(Oc2ccccc2)CCNCC1. The molecule has 4 heteroatoms. The van der Waals surface area contributed by atoms with Crippen LogP contribution in [0.15, 0.2) is 30.3 Å². The second kappa shape index (κ2) is 5.19. The van der Waals surface area contributed by atoms with E-state index >= 15 is 0 Å². The molecule has 1 aromatic rings. The fraction of sp³-hybridized carbons (Fsp3) is 0.462. The van der Waals surface area contributed by atoms with Crippen molar-refractivity contribution in [1.82, 2.24) is 5.32 Å². The van der Waals surface area contributed by atoms with Gasteiger partial charge >= 0.3 is 5.97 Å². The third-order valence-corrected chi connectivity index (χ3v) is 3.03. The number of hydrogen-bond donors (Lipinski definition) is 1. The lowest BCUT2D eigenvalue weighted by molar-refractivity contribution is -0.161. The predicted molar refractivity (Wildman–Crippen MR) is 63.9 cm³/mol. The molecule has 1 aromatic carbocycles. The number of nitrogens with one attached hydrogen (secondary N) is 1. The summed E-state index contributed by atoms with van der Waals surface area (Å²) in [6.07, 6.45) is 1.27. The number of rotatable bonds is 3. The zero-order valence-electron chi connectivity index (χ0n) is 9.94. The van der Waals surface area contributed by atoms with E-state index in [1.165, 1.54) is 7.11 Å². The minimum atomic E-state index is -0.832. The lowest BCUT2D eigenvalue weighted by Gasteiger charge is -2.35. The van der Waals surface area contributed by atoms with Gasteiger partial charge in [0.25, 0.3) is 0 Å². The topological polar surface area (TPSA) is 47.6 Å². The van der Waals surface area contributed by atoms with Gasteiger partial charge in [-0.05, 0) is 25.2 Å². The summed E-state index contributed by atoms with van der Waals surface area (Å²) in [5.74, 6) is 0.419. The molecule has 0 aliphatic carbocycles. The number of carbonyl (C=O) groups excluding carboxylic acids is 1. The second-order valence-corrected chi connectivity index (χ2v) is 4.15. The van der Waals surface area contributed by atoms with Crippen LogP contribution in [0, 0.1) is 0 Å². The highest BCUT2D eigenvalue weighted by atomic mass is 16.6. The molecule has 1 N–H and O–H groups in total. The van der Waals surface area contributed by atoms with Crippen LogP contribution in [0.25, 0.3) is 0 Å². The predicted octanol–water partition coefficient (Wildman–Crippen LogP) is 1.36. The molecule has 4 nitrogen and oxygen atoms in total. The van der Waals surface area contributed by atoms with Gasteiger partial charge in [0, 0.05) is 12.8 Å². The quantitative estimate of drug-likeness (QED) is 0.804. The van der Waals surface area contributed by atoms with Crippen molar-refractivity contribution in [2.24, 2.45) is 0 Å². The van der Waals surface area contributed by atoms with Crippen molar-refractivity contribution < 1.29 is 14.3 Å². The molecule has 2 rings (SSSR count). The molecule has 0 saturated carbocycles. The van der Waals surface area contributed by atoms with Gasteiger partial charge in [0.05, 0.1) is 7.11 Å². The van der Waals surface area contributed by atoms with Crippen molar-refractivity contribution in [3.63, 3.8) is 0 Å². The molecule has 0 unspecified atom stereocenters. The Bertz CT molecular complexity index is 372. The van der Waals surface area contributed by atoms with Crippen LogP contribution in [0.3, 0.4) is 0 Å². The molecule has 1 heterocycles. The number of methoxy groups -OCH3 is 1. The number of hydrogen-bond acceptors (Lipinski definition) is 4. The van der Waals surface area contributed by atoms with Crippen LogP contribution in [-0.4, -0.2) is 31.8 Å². The third-order valence-electron chi connectivity index (χ3n) is 3.03. The van der Waals surface area contributed by atoms with Gasteiger partial charge < -0.3 is 14.8 Å². The molecule has 1 aliphatic rings. The van der Waals surface area contributed by atoms with Crippen LogP contribution < -0.4 is 10.1 Å². The summed E-state index contributed by atoms with van der Waals surface area (Å²) in [7, 11) is 1.40. The average molecular weight is 235 g/mol. The fourth-order valence-electron chi connectivity index (χ4n) is 2.08. The average Bonchev–Trinajstić information content (AvgIpc) is 2.40. The summed E-state index contributed by atoms with van der Waals surface area (Å²) in [6.45, 7) is 1.53. The molecule has 0 bridgehead atoms. The first kappa shape index (κ1) is 11.9. The van der Waals surface area contributed by atoms with Crippen molar-refractivity contribution >= 4 is 5.97 Å². The van der Waals surface area contributed by atoms with Crippen molar-refractivity contribution in [3.05, 3.63) is 30.3 Å². The van der Waals surface area contributed by atoms with Crippen LogP contribution in [0.2, 0.25) is 0 Å². The maximum Gasteiger partial charge on any atom is 0.350 e. The molecule has 0 spiro atoms. The Labute approximate surface area is 101 Å². The van der Waals surface area contributed by atoms with Gasteiger partial charge in [-0.15, -0.1) is 0 Å². The normalized spacial score (nSPS) is 18.4.